The Balaban J connectivity index is 1.71. The van der Waals surface area contributed by atoms with Crippen LogP contribution in [-0.4, -0.2) is 50.3 Å². The molecular weight excluding hydrogens is 366 g/mol. The number of nitrogens with one attached hydrogen (secondary N) is 1. The molecule has 0 amide bonds. The third kappa shape index (κ3) is 4.93. The Kier molecular flexibility index (Phi) is 5.31. The second-order valence-electron chi connectivity index (χ2n) is 6.47. The summed E-state index contributed by atoms with van der Waals surface area (Å²) in [6, 6.07) is 7.42. The van der Waals surface area contributed by atoms with Crippen molar-refractivity contribution in [1.82, 2.24) is 10.1 Å². The first-order chi connectivity index (χ1) is 11.9. The first kappa shape index (κ1) is 18.2. The molecule has 0 atom stereocenters. The van der Waals surface area contributed by atoms with Gasteiger partial charge in [-0.1, -0.05) is 28.9 Å². The van der Waals surface area contributed by atoms with Gasteiger partial charge in [-0.2, -0.15) is 4.98 Å². The van der Waals surface area contributed by atoms with E-state index in [0.717, 1.165) is 5.56 Å². The summed E-state index contributed by atoms with van der Waals surface area (Å²) in [5, 5.41) is 7.62. The minimum atomic E-state index is -3.11. The predicted molar refractivity (Wildman–Crippen MR) is 95.4 cm³/mol. The molecule has 3 rings (SSSR count). The van der Waals surface area contributed by atoms with Gasteiger partial charge >= 0.3 is 6.01 Å². The quantitative estimate of drug-likeness (QED) is 0.816. The number of ether oxygens (including phenoxy) is 1. The van der Waals surface area contributed by atoms with E-state index in [2.05, 4.69) is 15.5 Å². The molecule has 0 spiro atoms. The lowest BCUT2D eigenvalue weighted by Crippen LogP contribution is -2.41. The van der Waals surface area contributed by atoms with Crippen molar-refractivity contribution in [1.29, 1.82) is 0 Å². The average Bonchev–Trinajstić information content (AvgIpc) is 3.01. The molecule has 0 radical (unpaired) electrons. The van der Waals surface area contributed by atoms with Crippen LogP contribution in [0.4, 0.5) is 6.01 Å². The monoisotopic (exact) mass is 385 g/mol. The van der Waals surface area contributed by atoms with Crippen molar-refractivity contribution in [2.75, 3.05) is 37.1 Å². The minimum Gasteiger partial charge on any atom is -0.381 e. The van der Waals surface area contributed by atoms with Gasteiger partial charge in [0.2, 0.25) is 5.82 Å². The molecule has 0 unspecified atom stereocenters. The van der Waals surface area contributed by atoms with Crippen LogP contribution in [0.25, 0.3) is 11.4 Å². The second-order valence-corrected chi connectivity index (χ2v) is 9.05. The maximum absolute atomic E-state index is 11.8. The van der Waals surface area contributed by atoms with Crippen LogP contribution in [0.3, 0.4) is 0 Å². The molecule has 9 heteroatoms. The van der Waals surface area contributed by atoms with Gasteiger partial charge in [-0.05, 0) is 25.0 Å². The number of anilines is 1. The van der Waals surface area contributed by atoms with E-state index in [1.807, 2.05) is 12.1 Å². The van der Waals surface area contributed by atoms with Crippen molar-refractivity contribution >= 4 is 27.5 Å². The van der Waals surface area contributed by atoms with Gasteiger partial charge in [0.05, 0.1) is 5.75 Å². The molecule has 2 aromatic rings. The lowest BCUT2D eigenvalue weighted by atomic mass is 9.82. The number of hydrogen-bond donors (Lipinski definition) is 1. The third-order valence-electron chi connectivity index (χ3n) is 4.25. The van der Waals surface area contributed by atoms with Crippen LogP contribution < -0.4 is 5.32 Å². The van der Waals surface area contributed by atoms with Crippen molar-refractivity contribution in [3.05, 3.63) is 29.3 Å². The van der Waals surface area contributed by atoms with Crippen LogP contribution in [0.2, 0.25) is 5.02 Å². The normalized spacial score (nSPS) is 17.4. The van der Waals surface area contributed by atoms with Crippen molar-refractivity contribution < 1.29 is 17.7 Å². The number of halogens is 1. The molecular formula is C16H20ClN3O4S. The number of benzene rings is 1. The standard InChI is InChI=1S/C16H20ClN3O4S/c1-25(21,22)11-16(5-7-23-8-6-16)10-18-15-19-14(20-24-15)12-3-2-4-13(17)9-12/h2-4,9H,5-8,10-11H2,1H3,(H,18,19,20). The van der Waals surface area contributed by atoms with E-state index < -0.39 is 15.3 Å². The number of hydrogen-bond acceptors (Lipinski definition) is 7. The highest BCUT2D eigenvalue weighted by Crippen LogP contribution is 2.32. The molecule has 0 bridgehead atoms. The summed E-state index contributed by atoms with van der Waals surface area (Å²) in [7, 11) is -3.11. The predicted octanol–water partition coefficient (Wildman–Crippen LogP) is 2.64. The maximum atomic E-state index is 11.8. The maximum Gasteiger partial charge on any atom is 0.321 e. The topological polar surface area (TPSA) is 94.3 Å². The average molecular weight is 386 g/mol. The molecule has 0 aliphatic carbocycles. The molecule has 1 aliphatic heterocycles. The summed E-state index contributed by atoms with van der Waals surface area (Å²) in [4.78, 5) is 4.31. The minimum absolute atomic E-state index is 0.103. The zero-order valence-corrected chi connectivity index (χ0v) is 15.4. The van der Waals surface area contributed by atoms with Gasteiger partial charge in [0, 0.05) is 42.0 Å². The first-order valence-corrected chi connectivity index (χ1v) is 10.4. The molecule has 1 fully saturated rings. The van der Waals surface area contributed by atoms with E-state index in [1.54, 1.807) is 12.1 Å². The molecule has 1 saturated heterocycles. The fourth-order valence-electron chi connectivity index (χ4n) is 3.04. The van der Waals surface area contributed by atoms with Crippen molar-refractivity contribution in [2.45, 2.75) is 12.8 Å². The van der Waals surface area contributed by atoms with Crippen LogP contribution in [0.5, 0.6) is 0 Å². The van der Waals surface area contributed by atoms with Gasteiger partial charge in [0.1, 0.15) is 9.84 Å². The summed E-state index contributed by atoms with van der Waals surface area (Å²) < 4.78 is 34.2. The van der Waals surface area contributed by atoms with Gasteiger partial charge < -0.3 is 14.6 Å². The van der Waals surface area contributed by atoms with Crippen molar-refractivity contribution in [3.8, 4) is 11.4 Å². The Labute approximate surface area is 151 Å². The lowest BCUT2D eigenvalue weighted by Gasteiger charge is -2.36. The van der Waals surface area contributed by atoms with Crippen LogP contribution in [0.1, 0.15) is 12.8 Å². The Bertz CT molecular complexity index is 831. The van der Waals surface area contributed by atoms with Gasteiger partial charge in [-0.15, -0.1) is 0 Å². The third-order valence-corrected chi connectivity index (χ3v) is 5.62. The summed E-state index contributed by atoms with van der Waals surface area (Å²) in [5.41, 5.74) is 0.359. The summed E-state index contributed by atoms with van der Waals surface area (Å²) in [6.45, 7) is 1.53. The van der Waals surface area contributed by atoms with Crippen molar-refractivity contribution in [2.24, 2.45) is 5.41 Å². The largest absolute Gasteiger partial charge is 0.381 e. The SMILES string of the molecule is CS(=O)(=O)CC1(CNc2nc(-c3cccc(Cl)c3)no2)CCOCC1. The number of nitrogens with zero attached hydrogens (tertiary/aromatic N) is 2. The molecule has 1 aromatic heterocycles. The fraction of sp³-hybridized carbons (Fsp3) is 0.500. The van der Waals surface area contributed by atoms with E-state index >= 15 is 0 Å². The summed E-state index contributed by atoms with van der Waals surface area (Å²) >= 11 is 5.97. The van der Waals surface area contributed by atoms with E-state index in [0.29, 0.717) is 43.4 Å². The number of sulfone groups is 1. The van der Waals surface area contributed by atoms with Crippen LogP contribution >= 0.6 is 11.6 Å². The highest BCUT2D eigenvalue weighted by atomic mass is 35.5. The molecule has 7 nitrogen and oxygen atoms in total. The van der Waals surface area contributed by atoms with Crippen LogP contribution in [0.15, 0.2) is 28.8 Å². The Morgan fingerprint density at radius 2 is 2.08 bits per heavy atom. The highest BCUT2D eigenvalue weighted by molar-refractivity contribution is 7.90. The van der Waals surface area contributed by atoms with Gasteiger partial charge in [-0.3, -0.25) is 0 Å². The highest BCUT2D eigenvalue weighted by Gasteiger charge is 2.36. The fourth-order valence-corrected chi connectivity index (χ4v) is 4.73. The van der Waals surface area contributed by atoms with E-state index in [4.69, 9.17) is 20.9 Å². The summed E-state index contributed by atoms with van der Waals surface area (Å²) in [6.07, 6.45) is 2.60. The number of aromatic nitrogens is 2. The first-order valence-electron chi connectivity index (χ1n) is 7.94. The summed E-state index contributed by atoms with van der Waals surface area (Å²) in [5.74, 6) is 0.528. The van der Waals surface area contributed by atoms with Gasteiger partial charge in [0.25, 0.3) is 0 Å². The van der Waals surface area contributed by atoms with E-state index in [1.165, 1.54) is 6.26 Å². The molecule has 2 heterocycles. The molecule has 1 N–H and O–H groups in total. The Hall–Kier alpha value is -1.64. The van der Waals surface area contributed by atoms with Crippen molar-refractivity contribution in [3.63, 3.8) is 0 Å². The zero-order chi connectivity index (χ0) is 17.9. The van der Waals surface area contributed by atoms with E-state index in [-0.39, 0.29) is 11.8 Å². The lowest BCUT2D eigenvalue weighted by molar-refractivity contribution is 0.0312. The molecule has 1 aliphatic rings. The Morgan fingerprint density at radius 3 is 2.76 bits per heavy atom. The zero-order valence-electron chi connectivity index (χ0n) is 13.9. The van der Waals surface area contributed by atoms with Gasteiger partial charge in [0.15, 0.2) is 0 Å². The van der Waals surface area contributed by atoms with Crippen LogP contribution in [0, 0.1) is 5.41 Å². The molecule has 25 heavy (non-hydrogen) atoms. The van der Waals surface area contributed by atoms with Crippen LogP contribution in [-0.2, 0) is 14.6 Å². The Morgan fingerprint density at radius 1 is 1.32 bits per heavy atom. The number of rotatable bonds is 6. The smallest absolute Gasteiger partial charge is 0.321 e. The van der Waals surface area contributed by atoms with E-state index in [9.17, 15) is 8.42 Å². The molecule has 1 aromatic carbocycles. The van der Waals surface area contributed by atoms with Gasteiger partial charge in [-0.25, -0.2) is 8.42 Å². The molecule has 0 saturated carbocycles. The second kappa shape index (κ2) is 7.31. The molecule has 136 valence electrons.